The van der Waals surface area contributed by atoms with E-state index in [4.69, 9.17) is 23.7 Å². The Hall–Kier alpha value is -3.22. The van der Waals surface area contributed by atoms with Crippen molar-refractivity contribution in [2.24, 2.45) is 0 Å². The minimum Gasteiger partial charge on any atom is -0.493 e. The molecule has 0 saturated heterocycles. The highest BCUT2D eigenvalue weighted by Crippen LogP contribution is 2.35. The van der Waals surface area contributed by atoms with Crippen LogP contribution in [0.2, 0.25) is 0 Å². The topological polar surface area (TPSA) is 80.3 Å². The van der Waals surface area contributed by atoms with Gasteiger partial charge in [-0.2, -0.15) is 0 Å². The zero-order chi connectivity index (χ0) is 20.3. The Bertz CT molecular complexity index is 890. The number of Topliss-reactive ketones (excluding diaryl/α,β-unsaturated/α-hetero) is 1. The highest BCUT2D eigenvalue weighted by Gasteiger charge is 2.34. The first kappa shape index (κ1) is 19.5. The Labute approximate surface area is 163 Å². The van der Waals surface area contributed by atoms with Crippen LogP contribution in [0.4, 0.5) is 0 Å². The van der Waals surface area contributed by atoms with Gasteiger partial charge in [-0.05, 0) is 36.8 Å². The molecule has 148 valence electrons. The molecular weight excluding hydrogens is 364 g/mol. The molecule has 1 aliphatic heterocycles. The quantitative estimate of drug-likeness (QED) is 0.706. The molecule has 2 aromatic rings. The summed E-state index contributed by atoms with van der Waals surface area (Å²) < 4.78 is 27.0. The van der Waals surface area contributed by atoms with Gasteiger partial charge in [-0.3, -0.25) is 4.79 Å². The highest BCUT2D eigenvalue weighted by molar-refractivity contribution is 5.95. The maximum Gasteiger partial charge on any atom is 0.338 e. The lowest BCUT2D eigenvalue weighted by molar-refractivity contribution is -0.130. The third kappa shape index (κ3) is 3.74. The van der Waals surface area contributed by atoms with E-state index in [1.807, 2.05) is 12.1 Å². The standard InChI is InChI=1S/C21H22O7/c1-12-20(28-17-8-6-5-7-16(17)27-12)15(22)9-13-10-18(24-2)19(25-3)11-14(13)21(23)26-4/h5-8,10-12,20H,9H2,1-4H3. The van der Waals surface area contributed by atoms with E-state index < -0.39 is 18.2 Å². The Kier molecular flexibility index (Phi) is 5.73. The third-order valence-electron chi connectivity index (χ3n) is 4.54. The fourth-order valence-corrected chi connectivity index (χ4v) is 3.12. The lowest BCUT2D eigenvalue weighted by Crippen LogP contribution is -2.44. The van der Waals surface area contributed by atoms with Gasteiger partial charge in [0, 0.05) is 6.42 Å². The molecule has 2 aromatic carbocycles. The van der Waals surface area contributed by atoms with Crippen molar-refractivity contribution in [3.8, 4) is 23.0 Å². The molecule has 1 heterocycles. The van der Waals surface area contributed by atoms with E-state index in [9.17, 15) is 9.59 Å². The van der Waals surface area contributed by atoms with Crippen molar-refractivity contribution in [2.45, 2.75) is 25.6 Å². The summed E-state index contributed by atoms with van der Waals surface area (Å²) in [4.78, 5) is 25.2. The fourth-order valence-electron chi connectivity index (χ4n) is 3.12. The van der Waals surface area contributed by atoms with Crippen molar-refractivity contribution in [2.75, 3.05) is 21.3 Å². The van der Waals surface area contributed by atoms with Gasteiger partial charge in [-0.15, -0.1) is 0 Å². The summed E-state index contributed by atoms with van der Waals surface area (Å²) in [6.45, 7) is 1.77. The van der Waals surface area contributed by atoms with Crippen molar-refractivity contribution < 1.29 is 33.3 Å². The van der Waals surface area contributed by atoms with Gasteiger partial charge in [0.05, 0.1) is 26.9 Å². The highest BCUT2D eigenvalue weighted by atomic mass is 16.6. The van der Waals surface area contributed by atoms with Crippen molar-refractivity contribution in [3.63, 3.8) is 0 Å². The van der Waals surface area contributed by atoms with Crippen molar-refractivity contribution >= 4 is 11.8 Å². The number of hydrogen-bond acceptors (Lipinski definition) is 7. The average molecular weight is 386 g/mol. The second-order valence-electron chi connectivity index (χ2n) is 6.31. The normalized spacial score (nSPS) is 17.6. The summed E-state index contributed by atoms with van der Waals surface area (Å²) in [5.74, 6) is 1.11. The molecule has 0 aromatic heterocycles. The summed E-state index contributed by atoms with van der Waals surface area (Å²) >= 11 is 0. The van der Waals surface area contributed by atoms with Crippen LogP contribution in [0.15, 0.2) is 36.4 Å². The number of hydrogen-bond donors (Lipinski definition) is 0. The Morgan fingerprint density at radius 3 is 2.18 bits per heavy atom. The maximum atomic E-state index is 13.0. The van der Waals surface area contributed by atoms with Crippen molar-refractivity contribution in [3.05, 3.63) is 47.5 Å². The first-order valence-electron chi connectivity index (χ1n) is 8.76. The van der Waals surface area contributed by atoms with Gasteiger partial charge in [0.2, 0.25) is 0 Å². The molecule has 0 N–H and O–H groups in total. The first-order chi connectivity index (χ1) is 13.5. The molecule has 2 atom stereocenters. The van der Waals surface area contributed by atoms with Gasteiger partial charge in [0.15, 0.2) is 34.9 Å². The zero-order valence-corrected chi connectivity index (χ0v) is 16.2. The van der Waals surface area contributed by atoms with Crippen LogP contribution in [-0.2, 0) is 16.0 Å². The molecule has 7 heteroatoms. The average Bonchev–Trinajstić information content (AvgIpc) is 2.72. The fraction of sp³-hybridized carbons (Fsp3) is 0.333. The van der Waals surface area contributed by atoms with E-state index in [-0.39, 0.29) is 17.8 Å². The molecule has 3 rings (SSSR count). The molecule has 28 heavy (non-hydrogen) atoms. The summed E-state index contributed by atoms with van der Waals surface area (Å²) in [6.07, 6.45) is -1.32. The molecular formula is C21H22O7. The predicted molar refractivity (Wildman–Crippen MR) is 101 cm³/mol. The number of carbonyl (C=O) groups excluding carboxylic acids is 2. The number of esters is 1. The smallest absolute Gasteiger partial charge is 0.338 e. The molecule has 7 nitrogen and oxygen atoms in total. The summed E-state index contributed by atoms with van der Waals surface area (Å²) in [7, 11) is 4.23. The second-order valence-corrected chi connectivity index (χ2v) is 6.31. The maximum absolute atomic E-state index is 13.0. The number of ketones is 1. The monoisotopic (exact) mass is 386 g/mol. The first-order valence-corrected chi connectivity index (χ1v) is 8.76. The molecule has 0 saturated carbocycles. The molecule has 0 aliphatic carbocycles. The summed E-state index contributed by atoms with van der Waals surface area (Å²) in [6, 6.07) is 10.3. The van der Waals surface area contributed by atoms with Crippen LogP contribution < -0.4 is 18.9 Å². The van der Waals surface area contributed by atoms with Gasteiger partial charge >= 0.3 is 5.97 Å². The van der Waals surface area contributed by atoms with E-state index in [0.717, 1.165) is 0 Å². The zero-order valence-electron chi connectivity index (χ0n) is 16.2. The molecule has 0 radical (unpaired) electrons. The molecule has 0 bridgehead atoms. The van der Waals surface area contributed by atoms with E-state index in [1.54, 1.807) is 25.1 Å². The summed E-state index contributed by atoms with van der Waals surface area (Å²) in [5.41, 5.74) is 0.697. The number of carbonyl (C=O) groups is 2. The van der Waals surface area contributed by atoms with Crippen LogP contribution in [0.5, 0.6) is 23.0 Å². The molecule has 1 aliphatic rings. The SMILES string of the molecule is COC(=O)c1cc(OC)c(OC)cc1CC(=O)C1Oc2ccccc2OC1C. The number of rotatable bonds is 6. The van der Waals surface area contributed by atoms with Crippen LogP contribution in [0.3, 0.4) is 0 Å². The number of benzene rings is 2. The largest absolute Gasteiger partial charge is 0.493 e. The predicted octanol–water partition coefficient (Wildman–Crippen LogP) is 2.83. The minimum absolute atomic E-state index is 0.0503. The number of methoxy groups -OCH3 is 3. The Balaban J connectivity index is 1.90. The Morgan fingerprint density at radius 1 is 0.964 bits per heavy atom. The molecule has 0 fully saturated rings. The van der Waals surface area contributed by atoms with E-state index in [2.05, 4.69) is 0 Å². The lowest BCUT2D eigenvalue weighted by atomic mass is 9.97. The number of fused-ring (bicyclic) bond motifs is 1. The van der Waals surface area contributed by atoms with Gasteiger partial charge in [0.25, 0.3) is 0 Å². The molecule has 0 spiro atoms. The second kappa shape index (κ2) is 8.21. The van der Waals surface area contributed by atoms with Gasteiger partial charge < -0.3 is 23.7 Å². The molecule has 2 unspecified atom stereocenters. The van der Waals surface area contributed by atoms with Crippen LogP contribution in [0.1, 0.15) is 22.8 Å². The number of ether oxygens (including phenoxy) is 5. The van der Waals surface area contributed by atoms with Gasteiger partial charge in [-0.1, -0.05) is 12.1 Å². The minimum atomic E-state index is -0.798. The van der Waals surface area contributed by atoms with Crippen LogP contribution in [-0.4, -0.2) is 45.3 Å². The summed E-state index contributed by atoms with van der Waals surface area (Å²) in [5, 5.41) is 0. The van der Waals surface area contributed by atoms with Crippen molar-refractivity contribution in [1.82, 2.24) is 0 Å². The van der Waals surface area contributed by atoms with E-state index >= 15 is 0 Å². The van der Waals surface area contributed by atoms with E-state index in [1.165, 1.54) is 27.4 Å². The number of para-hydroxylation sites is 2. The van der Waals surface area contributed by atoms with Crippen LogP contribution in [0.25, 0.3) is 0 Å². The van der Waals surface area contributed by atoms with E-state index in [0.29, 0.717) is 28.6 Å². The van der Waals surface area contributed by atoms with Gasteiger partial charge in [0.1, 0.15) is 6.10 Å². The van der Waals surface area contributed by atoms with Crippen LogP contribution in [0, 0.1) is 0 Å². The van der Waals surface area contributed by atoms with Crippen molar-refractivity contribution in [1.29, 1.82) is 0 Å². The Morgan fingerprint density at radius 2 is 1.57 bits per heavy atom. The lowest BCUT2D eigenvalue weighted by Gasteiger charge is -2.31. The molecule has 0 amide bonds. The third-order valence-corrected chi connectivity index (χ3v) is 4.54. The van der Waals surface area contributed by atoms with Gasteiger partial charge in [-0.25, -0.2) is 4.79 Å². The van der Waals surface area contributed by atoms with Crippen LogP contribution >= 0.6 is 0 Å².